The summed E-state index contributed by atoms with van der Waals surface area (Å²) in [4.78, 5) is 28.6. The number of carbonyl (C=O) groups is 2. The minimum absolute atomic E-state index is 0. The first-order valence-electron chi connectivity index (χ1n) is 9.14. The maximum absolute atomic E-state index is 12.2. The van der Waals surface area contributed by atoms with Crippen molar-refractivity contribution in [1.82, 2.24) is 9.80 Å². The van der Waals surface area contributed by atoms with Crippen LogP contribution in [0, 0.1) is 0 Å². The third kappa shape index (κ3) is 7.70. The molecule has 0 radical (unpaired) electrons. The number of likely N-dealkylation sites (N-methyl/N-ethyl adjacent to an activating group) is 1. The highest BCUT2D eigenvalue weighted by Gasteiger charge is 2.25. The molecule has 1 fully saturated rings. The van der Waals surface area contributed by atoms with Crippen molar-refractivity contribution in [2.24, 2.45) is 0 Å². The highest BCUT2D eigenvalue weighted by Crippen LogP contribution is 2.24. The van der Waals surface area contributed by atoms with Gasteiger partial charge < -0.3 is 15.3 Å². The maximum atomic E-state index is 12.2. The summed E-state index contributed by atoms with van der Waals surface area (Å²) in [7, 11) is 0. The van der Waals surface area contributed by atoms with Crippen LogP contribution in [0.5, 0.6) is 0 Å². The summed E-state index contributed by atoms with van der Waals surface area (Å²) >= 11 is 1.62. The van der Waals surface area contributed by atoms with E-state index in [1.807, 2.05) is 42.3 Å². The van der Waals surface area contributed by atoms with Crippen LogP contribution < -0.4 is 5.32 Å². The second kappa shape index (κ2) is 12.2. The van der Waals surface area contributed by atoms with E-state index >= 15 is 0 Å². The summed E-state index contributed by atoms with van der Waals surface area (Å²) in [5, 5.41) is 12.0. The van der Waals surface area contributed by atoms with Gasteiger partial charge in [0.2, 0.25) is 5.91 Å². The molecule has 0 unspecified atom stereocenters. The number of nitrogens with one attached hydrogen (secondary N) is 1. The van der Waals surface area contributed by atoms with Crippen molar-refractivity contribution in [3.8, 4) is 0 Å². The van der Waals surface area contributed by atoms with E-state index in [0.717, 1.165) is 49.6 Å². The smallest absolute Gasteiger partial charge is 0.317 e. The lowest BCUT2D eigenvalue weighted by atomic mass is 10.0. The van der Waals surface area contributed by atoms with Gasteiger partial charge in [-0.25, -0.2) is 0 Å². The van der Waals surface area contributed by atoms with Crippen LogP contribution in [0.1, 0.15) is 26.2 Å². The number of hydrogen-bond acceptors (Lipinski definition) is 5. The van der Waals surface area contributed by atoms with Gasteiger partial charge in [-0.1, -0.05) is 19.1 Å². The van der Waals surface area contributed by atoms with Crippen LogP contribution in [0.3, 0.4) is 0 Å². The predicted octanol–water partition coefficient (Wildman–Crippen LogP) is 3.03. The van der Waals surface area contributed by atoms with Gasteiger partial charge in [0.05, 0.1) is 12.2 Å². The number of halogens is 1. The maximum Gasteiger partial charge on any atom is 0.317 e. The molecule has 1 aliphatic heterocycles. The number of anilines is 1. The van der Waals surface area contributed by atoms with E-state index in [4.69, 9.17) is 5.11 Å². The van der Waals surface area contributed by atoms with Gasteiger partial charge >= 0.3 is 5.97 Å². The minimum atomic E-state index is -0.767. The average Bonchev–Trinajstić information content (AvgIpc) is 2.65. The summed E-state index contributed by atoms with van der Waals surface area (Å²) in [6.45, 7) is 5.44. The second-order valence-electron chi connectivity index (χ2n) is 6.53. The molecular formula is C19H30ClN3O3S. The van der Waals surface area contributed by atoms with Crippen LogP contribution in [-0.2, 0) is 9.59 Å². The molecule has 152 valence electrons. The Bertz CT molecular complexity index is 610. The van der Waals surface area contributed by atoms with Crippen molar-refractivity contribution in [3.05, 3.63) is 24.3 Å². The van der Waals surface area contributed by atoms with Crippen molar-refractivity contribution in [2.45, 2.75) is 37.1 Å². The average molecular weight is 416 g/mol. The van der Waals surface area contributed by atoms with Crippen LogP contribution in [0.4, 0.5) is 5.69 Å². The number of amides is 1. The Balaban J connectivity index is 0.00000364. The molecule has 6 nitrogen and oxygen atoms in total. The molecule has 1 saturated heterocycles. The largest absolute Gasteiger partial charge is 0.480 e. The van der Waals surface area contributed by atoms with E-state index in [2.05, 4.69) is 10.2 Å². The molecule has 2 N–H and O–H groups in total. The summed E-state index contributed by atoms with van der Waals surface area (Å²) in [6, 6.07) is 8.15. The van der Waals surface area contributed by atoms with Gasteiger partial charge in [-0.2, -0.15) is 0 Å². The summed E-state index contributed by atoms with van der Waals surface area (Å²) in [5.74, 6) is -0.730. The number of carboxylic acid groups (broad SMARTS) is 1. The highest BCUT2D eigenvalue weighted by molar-refractivity contribution is 7.98. The number of thioether (sulfide) groups is 1. The fraction of sp³-hybridized carbons (Fsp3) is 0.579. The SMILES string of the molecule is CCN(CC(=O)O)C1CCN(CCC(=O)Nc2ccccc2SC)CC1.Cl. The molecule has 0 saturated carbocycles. The number of aliphatic carboxylic acids is 1. The normalized spacial score (nSPS) is 15.4. The fourth-order valence-corrected chi connectivity index (χ4v) is 3.95. The number of hydrogen-bond donors (Lipinski definition) is 2. The Morgan fingerprint density at radius 2 is 1.96 bits per heavy atom. The van der Waals surface area contributed by atoms with Gasteiger partial charge in [-0.3, -0.25) is 14.5 Å². The monoisotopic (exact) mass is 415 g/mol. The molecule has 1 aliphatic rings. The van der Waals surface area contributed by atoms with Gasteiger partial charge in [0.25, 0.3) is 0 Å². The van der Waals surface area contributed by atoms with Gasteiger partial charge in [-0.15, -0.1) is 24.2 Å². The van der Waals surface area contributed by atoms with Crippen molar-refractivity contribution >= 4 is 41.7 Å². The summed E-state index contributed by atoms with van der Waals surface area (Å²) in [5.41, 5.74) is 0.871. The van der Waals surface area contributed by atoms with Crippen molar-refractivity contribution < 1.29 is 14.7 Å². The number of para-hydroxylation sites is 1. The fourth-order valence-electron chi connectivity index (χ4n) is 3.40. The summed E-state index contributed by atoms with van der Waals surface area (Å²) < 4.78 is 0. The second-order valence-corrected chi connectivity index (χ2v) is 7.38. The molecule has 0 aliphatic carbocycles. The Labute approximate surface area is 172 Å². The topological polar surface area (TPSA) is 72.9 Å². The number of likely N-dealkylation sites (tertiary alicyclic amines) is 1. The lowest BCUT2D eigenvalue weighted by Crippen LogP contribution is -2.47. The number of nitrogens with zero attached hydrogens (tertiary/aromatic N) is 2. The molecule has 27 heavy (non-hydrogen) atoms. The number of rotatable bonds is 9. The minimum Gasteiger partial charge on any atom is -0.480 e. The van der Waals surface area contributed by atoms with Crippen molar-refractivity contribution in [2.75, 3.05) is 44.3 Å². The number of carboxylic acids is 1. The van der Waals surface area contributed by atoms with Gasteiger partial charge in [0, 0.05) is 23.9 Å². The predicted molar refractivity (Wildman–Crippen MR) is 113 cm³/mol. The summed E-state index contributed by atoms with van der Waals surface area (Å²) in [6.07, 6.45) is 4.38. The zero-order valence-electron chi connectivity index (χ0n) is 16.0. The molecular weight excluding hydrogens is 386 g/mol. The molecule has 0 bridgehead atoms. The van der Waals surface area contributed by atoms with Crippen LogP contribution in [0.15, 0.2) is 29.2 Å². The molecule has 1 aromatic rings. The molecule has 1 amide bonds. The number of benzene rings is 1. The molecule has 0 aromatic heterocycles. The molecule has 2 rings (SSSR count). The van der Waals surface area contributed by atoms with E-state index in [-0.39, 0.29) is 24.9 Å². The Morgan fingerprint density at radius 1 is 1.30 bits per heavy atom. The van der Waals surface area contributed by atoms with Gasteiger partial charge in [0.1, 0.15) is 0 Å². The van der Waals surface area contributed by atoms with Crippen molar-refractivity contribution in [3.63, 3.8) is 0 Å². The van der Waals surface area contributed by atoms with E-state index in [1.54, 1.807) is 11.8 Å². The van der Waals surface area contributed by atoms with Crippen LogP contribution in [0.25, 0.3) is 0 Å². The van der Waals surface area contributed by atoms with Crippen LogP contribution in [0.2, 0.25) is 0 Å². The molecule has 1 aromatic carbocycles. The zero-order chi connectivity index (χ0) is 18.9. The Hall–Kier alpha value is -1.28. The van der Waals surface area contributed by atoms with E-state index < -0.39 is 5.97 Å². The lowest BCUT2D eigenvalue weighted by Gasteiger charge is -2.37. The first kappa shape index (κ1) is 23.8. The first-order valence-corrected chi connectivity index (χ1v) is 10.4. The van der Waals surface area contributed by atoms with E-state index in [1.165, 1.54) is 0 Å². The highest BCUT2D eigenvalue weighted by atomic mass is 35.5. The third-order valence-corrected chi connectivity index (χ3v) is 5.65. The van der Waals surface area contributed by atoms with Gasteiger partial charge in [0.15, 0.2) is 0 Å². The van der Waals surface area contributed by atoms with Crippen LogP contribution >= 0.6 is 24.2 Å². The third-order valence-electron chi connectivity index (χ3n) is 4.85. The molecule has 0 atom stereocenters. The number of piperidine rings is 1. The standard InChI is InChI=1S/C19H29N3O3S.ClH/c1-3-22(14-19(24)25)15-8-11-21(12-9-15)13-10-18(23)20-16-6-4-5-7-17(16)26-2;/h4-7,15H,3,8-14H2,1-2H3,(H,20,23)(H,24,25);1H. The molecule has 1 heterocycles. The Morgan fingerprint density at radius 3 is 2.56 bits per heavy atom. The van der Waals surface area contributed by atoms with E-state index in [9.17, 15) is 9.59 Å². The van der Waals surface area contributed by atoms with E-state index in [0.29, 0.717) is 12.5 Å². The lowest BCUT2D eigenvalue weighted by molar-refractivity contribution is -0.139. The van der Waals surface area contributed by atoms with Crippen molar-refractivity contribution in [1.29, 1.82) is 0 Å². The number of carbonyl (C=O) groups excluding carboxylic acids is 1. The molecule has 8 heteroatoms. The van der Waals surface area contributed by atoms with Crippen LogP contribution in [-0.4, -0.2) is 71.8 Å². The zero-order valence-corrected chi connectivity index (χ0v) is 17.7. The Kier molecular flexibility index (Phi) is 10.8. The van der Waals surface area contributed by atoms with Gasteiger partial charge in [-0.05, 0) is 50.9 Å². The first-order chi connectivity index (χ1) is 12.5. The quantitative estimate of drug-likeness (QED) is 0.604. The molecule has 0 spiro atoms.